The van der Waals surface area contributed by atoms with Crippen molar-refractivity contribution >= 4 is 0 Å². The molecule has 0 fully saturated rings. The minimum absolute atomic E-state index is 0.105. The lowest BCUT2D eigenvalue weighted by atomic mass is 9.91. The van der Waals surface area contributed by atoms with Gasteiger partial charge in [-0.3, -0.25) is 4.98 Å². The molecule has 1 atom stereocenters. The van der Waals surface area contributed by atoms with Crippen LogP contribution < -0.4 is 14.8 Å². The lowest BCUT2D eigenvalue weighted by Crippen LogP contribution is -2.31. The standard InChI is InChI=1S/C19H24N2O2/c1-4-22-17-11-14-9-10-20-19(15(14)12-18(17)23-5-2)16-8-6-7-13(3)21-16/h6-8,11-12,19-20H,4-5,9-10H2,1-3H3/t19-/m1/s1. The number of nitrogens with one attached hydrogen (secondary N) is 1. The summed E-state index contributed by atoms with van der Waals surface area (Å²) in [7, 11) is 0. The number of aromatic nitrogens is 1. The maximum absolute atomic E-state index is 5.79. The average Bonchev–Trinajstić information content (AvgIpc) is 2.55. The molecule has 1 aromatic carbocycles. The monoisotopic (exact) mass is 312 g/mol. The molecule has 4 heteroatoms. The Bertz CT molecular complexity index is 685. The fraction of sp³-hybridized carbons (Fsp3) is 0.421. The van der Waals surface area contributed by atoms with E-state index < -0.39 is 0 Å². The Balaban J connectivity index is 2.05. The van der Waals surface area contributed by atoms with E-state index >= 15 is 0 Å². The Labute approximate surface area is 137 Å². The lowest BCUT2D eigenvalue weighted by Gasteiger charge is -2.28. The zero-order valence-corrected chi connectivity index (χ0v) is 14.1. The summed E-state index contributed by atoms with van der Waals surface area (Å²) in [5.74, 6) is 1.65. The highest BCUT2D eigenvalue weighted by Gasteiger charge is 2.25. The molecule has 1 aliphatic rings. The number of nitrogens with zero attached hydrogens (tertiary/aromatic N) is 1. The van der Waals surface area contributed by atoms with E-state index in [1.54, 1.807) is 0 Å². The highest BCUT2D eigenvalue weighted by Crippen LogP contribution is 2.37. The molecule has 0 spiro atoms. The summed E-state index contributed by atoms with van der Waals surface area (Å²) in [6, 6.07) is 10.5. The molecule has 0 bridgehead atoms. The van der Waals surface area contributed by atoms with Gasteiger partial charge in [0.15, 0.2) is 11.5 Å². The second kappa shape index (κ2) is 7.01. The van der Waals surface area contributed by atoms with Gasteiger partial charge in [-0.15, -0.1) is 0 Å². The summed E-state index contributed by atoms with van der Waals surface area (Å²) < 4.78 is 11.5. The first kappa shape index (κ1) is 15.8. The minimum Gasteiger partial charge on any atom is -0.490 e. The van der Waals surface area contributed by atoms with Crippen molar-refractivity contribution in [2.75, 3.05) is 19.8 Å². The van der Waals surface area contributed by atoms with E-state index in [-0.39, 0.29) is 6.04 Å². The van der Waals surface area contributed by atoms with Gasteiger partial charge in [-0.05, 0) is 62.6 Å². The number of fused-ring (bicyclic) bond motifs is 1. The molecule has 0 amide bonds. The summed E-state index contributed by atoms with van der Waals surface area (Å²) >= 11 is 0. The van der Waals surface area contributed by atoms with Crippen LogP contribution in [0.25, 0.3) is 0 Å². The van der Waals surface area contributed by atoms with Crippen LogP contribution in [-0.2, 0) is 6.42 Å². The van der Waals surface area contributed by atoms with E-state index in [0.717, 1.165) is 35.9 Å². The van der Waals surface area contributed by atoms with Crippen LogP contribution in [0.4, 0.5) is 0 Å². The van der Waals surface area contributed by atoms with Crippen molar-refractivity contribution in [1.82, 2.24) is 10.3 Å². The molecule has 2 aromatic rings. The van der Waals surface area contributed by atoms with Gasteiger partial charge in [-0.1, -0.05) is 6.07 Å². The maximum atomic E-state index is 5.79. The Morgan fingerprint density at radius 2 is 1.87 bits per heavy atom. The second-order valence-electron chi connectivity index (χ2n) is 5.70. The van der Waals surface area contributed by atoms with E-state index in [1.165, 1.54) is 11.1 Å². The third-order valence-corrected chi connectivity index (χ3v) is 4.06. The van der Waals surface area contributed by atoms with Crippen LogP contribution in [0.1, 0.15) is 42.4 Å². The number of aryl methyl sites for hydroxylation is 1. The molecule has 4 nitrogen and oxygen atoms in total. The molecule has 0 unspecified atom stereocenters. The molecule has 1 N–H and O–H groups in total. The molecular formula is C19H24N2O2. The van der Waals surface area contributed by atoms with Crippen LogP contribution in [0.2, 0.25) is 0 Å². The van der Waals surface area contributed by atoms with Crippen molar-refractivity contribution in [2.45, 2.75) is 33.2 Å². The molecule has 1 aromatic heterocycles. The van der Waals surface area contributed by atoms with Crippen LogP contribution in [0.5, 0.6) is 11.5 Å². The Kier molecular flexibility index (Phi) is 4.82. The van der Waals surface area contributed by atoms with Gasteiger partial charge in [0.05, 0.1) is 24.9 Å². The molecule has 0 radical (unpaired) electrons. The van der Waals surface area contributed by atoms with Gasteiger partial charge in [0.1, 0.15) is 0 Å². The molecule has 2 heterocycles. The molecular weight excluding hydrogens is 288 g/mol. The summed E-state index contributed by atoms with van der Waals surface area (Å²) in [4.78, 5) is 4.70. The zero-order chi connectivity index (χ0) is 16.2. The zero-order valence-electron chi connectivity index (χ0n) is 14.1. The van der Waals surface area contributed by atoms with Crippen LogP contribution in [0.3, 0.4) is 0 Å². The third-order valence-electron chi connectivity index (χ3n) is 4.06. The Hall–Kier alpha value is -2.07. The smallest absolute Gasteiger partial charge is 0.161 e. The first-order valence-corrected chi connectivity index (χ1v) is 8.32. The Morgan fingerprint density at radius 3 is 2.57 bits per heavy atom. The maximum Gasteiger partial charge on any atom is 0.161 e. The molecule has 0 saturated carbocycles. The molecule has 3 rings (SSSR count). The van der Waals surface area contributed by atoms with E-state index in [2.05, 4.69) is 29.6 Å². The predicted octanol–water partition coefficient (Wildman–Crippen LogP) is 3.42. The Morgan fingerprint density at radius 1 is 1.13 bits per heavy atom. The van der Waals surface area contributed by atoms with Gasteiger partial charge >= 0.3 is 0 Å². The van der Waals surface area contributed by atoms with Crippen LogP contribution in [-0.4, -0.2) is 24.7 Å². The molecule has 122 valence electrons. The topological polar surface area (TPSA) is 43.4 Å². The van der Waals surface area contributed by atoms with Crippen molar-refractivity contribution in [3.63, 3.8) is 0 Å². The third kappa shape index (κ3) is 3.32. The van der Waals surface area contributed by atoms with E-state index in [4.69, 9.17) is 14.5 Å². The van der Waals surface area contributed by atoms with Crippen LogP contribution in [0, 0.1) is 6.92 Å². The number of benzene rings is 1. The van der Waals surface area contributed by atoms with Gasteiger partial charge < -0.3 is 14.8 Å². The van der Waals surface area contributed by atoms with Gasteiger partial charge in [0, 0.05) is 12.2 Å². The number of hydrogen-bond acceptors (Lipinski definition) is 4. The summed E-state index contributed by atoms with van der Waals surface area (Å²) in [5, 5.41) is 3.58. The van der Waals surface area contributed by atoms with E-state index in [0.29, 0.717) is 13.2 Å². The van der Waals surface area contributed by atoms with E-state index in [1.807, 2.05) is 26.8 Å². The highest BCUT2D eigenvalue weighted by atomic mass is 16.5. The first-order valence-electron chi connectivity index (χ1n) is 8.32. The van der Waals surface area contributed by atoms with E-state index in [9.17, 15) is 0 Å². The summed E-state index contributed by atoms with van der Waals surface area (Å²) in [6.07, 6.45) is 0.990. The lowest BCUT2D eigenvalue weighted by molar-refractivity contribution is 0.286. The molecule has 1 aliphatic heterocycles. The quantitative estimate of drug-likeness (QED) is 0.918. The SMILES string of the molecule is CCOc1cc2c(cc1OCC)[C@H](c1cccc(C)n1)NCC2. The number of ether oxygens (including phenoxy) is 2. The minimum atomic E-state index is 0.105. The summed E-state index contributed by atoms with van der Waals surface area (Å²) in [6.45, 7) is 8.22. The normalized spacial score (nSPS) is 16.7. The average molecular weight is 312 g/mol. The van der Waals surface area contributed by atoms with Gasteiger partial charge in [-0.25, -0.2) is 0 Å². The predicted molar refractivity (Wildman–Crippen MR) is 91.3 cm³/mol. The van der Waals surface area contributed by atoms with Crippen molar-refractivity contribution in [1.29, 1.82) is 0 Å². The van der Waals surface area contributed by atoms with Gasteiger partial charge in [-0.2, -0.15) is 0 Å². The first-order chi connectivity index (χ1) is 11.2. The highest BCUT2D eigenvalue weighted by molar-refractivity contribution is 5.51. The van der Waals surface area contributed by atoms with Crippen molar-refractivity contribution in [2.24, 2.45) is 0 Å². The van der Waals surface area contributed by atoms with Crippen molar-refractivity contribution in [3.05, 3.63) is 52.8 Å². The van der Waals surface area contributed by atoms with Crippen molar-refractivity contribution < 1.29 is 9.47 Å². The molecule has 0 aliphatic carbocycles. The van der Waals surface area contributed by atoms with Crippen LogP contribution in [0.15, 0.2) is 30.3 Å². The number of pyridine rings is 1. The summed E-state index contributed by atoms with van der Waals surface area (Å²) in [5.41, 5.74) is 4.63. The molecule has 23 heavy (non-hydrogen) atoms. The second-order valence-corrected chi connectivity index (χ2v) is 5.70. The van der Waals surface area contributed by atoms with Gasteiger partial charge in [0.25, 0.3) is 0 Å². The molecule has 0 saturated heterocycles. The largest absolute Gasteiger partial charge is 0.490 e. The fourth-order valence-electron chi connectivity index (χ4n) is 3.09. The van der Waals surface area contributed by atoms with Crippen molar-refractivity contribution in [3.8, 4) is 11.5 Å². The van der Waals surface area contributed by atoms with Crippen LogP contribution >= 0.6 is 0 Å². The fourth-order valence-corrected chi connectivity index (χ4v) is 3.09. The number of hydrogen-bond donors (Lipinski definition) is 1. The number of rotatable bonds is 5. The van der Waals surface area contributed by atoms with Gasteiger partial charge in [0.2, 0.25) is 0 Å².